The minimum atomic E-state index is 0.865. The molecule has 0 spiro atoms. The zero-order valence-electron chi connectivity index (χ0n) is 29.5. The summed E-state index contributed by atoms with van der Waals surface area (Å²) in [5.74, 6) is 0. The minimum absolute atomic E-state index is 0.865. The van der Waals surface area contributed by atoms with Crippen LogP contribution in [0.15, 0.2) is 186 Å². The SMILES string of the molecule is c1ccc(-c2nc3ccccc3nc2-c2ccc(-n3c4ccccc4c4cc5c6c7oc8ccccc8c7ccc6n(-c6ccccc6)c5cc43)cc2)cc1. The number of fused-ring (bicyclic) bond motifs is 11. The molecular weight excluding hydrogens is 673 g/mol. The van der Waals surface area contributed by atoms with Crippen LogP contribution >= 0.6 is 0 Å². The monoisotopic (exact) mass is 702 g/mol. The molecule has 0 aliphatic carbocycles. The molecule has 4 aromatic heterocycles. The van der Waals surface area contributed by atoms with Crippen molar-refractivity contribution in [1.29, 1.82) is 0 Å². The second kappa shape index (κ2) is 11.5. The van der Waals surface area contributed by atoms with Crippen LogP contribution in [0.25, 0.3) is 110 Å². The summed E-state index contributed by atoms with van der Waals surface area (Å²) in [5, 5.41) is 6.95. The van der Waals surface area contributed by atoms with Gasteiger partial charge in [0.05, 0.1) is 49.9 Å². The number of hydrogen-bond acceptors (Lipinski definition) is 3. The zero-order chi connectivity index (χ0) is 36.0. The van der Waals surface area contributed by atoms with Crippen LogP contribution < -0.4 is 0 Å². The van der Waals surface area contributed by atoms with Gasteiger partial charge in [0, 0.05) is 49.4 Å². The van der Waals surface area contributed by atoms with E-state index in [1.54, 1.807) is 0 Å². The third-order valence-corrected chi connectivity index (χ3v) is 11.1. The Morgan fingerprint density at radius 2 is 0.945 bits per heavy atom. The van der Waals surface area contributed by atoms with Crippen LogP contribution in [0, 0.1) is 0 Å². The second-order valence-electron chi connectivity index (χ2n) is 14.2. The highest BCUT2D eigenvalue weighted by Crippen LogP contribution is 2.44. The molecule has 0 aliphatic heterocycles. The molecule has 0 N–H and O–H groups in total. The van der Waals surface area contributed by atoms with Crippen LogP contribution in [0.3, 0.4) is 0 Å². The van der Waals surface area contributed by atoms with Gasteiger partial charge in [-0.2, -0.15) is 0 Å². The normalized spacial score (nSPS) is 12.0. The highest BCUT2D eigenvalue weighted by Gasteiger charge is 2.22. The molecular formula is C50H30N4O. The molecule has 0 saturated carbocycles. The van der Waals surface area contributed by atoms with Gasteiger partial charge in [-0.15, -0.1) is 0 Å². The Labute approximate surface area is 315 Å². The molecule has 12 rings (SSSR count). The van der Waals surface area contributed by atoms with E-state index in [1.165, 1.54) is 10.8 Å². The molecule has 0 unspecified atom stereocenters. The Morgan fingerprint density at radius 1 is 0.364 bits per heavy atom. The molecule has 0 saturated heterocycles. The molecule has 0 bridgehead atoms. The fourth-order valence-corrected chi connectivity index (χ4v) is 8.64. The molecule has 0 fully saturated rings. The summed E-state index contributed by atoms with van der Waals surface area (Å²) in [6.45, 7) is 0. The topological polar surface area (TPSA) is 48.8 Å². The average Bonchev–Trinajstić information content (AvgIpc) is 3.90. The number of benzene rings is 8. The zero-order valence-corrected chi connectivity index (χ0v) is 29.5. The van der Waals surface area contributed by atoms with Gasteiger partial charge in [0.15, 0.2) is 0 Å². The van der Waals surface area contributed by atoms with E-state index in [4.69, 9.17) is 14.4 Å². The van der Waals surface area contributed by atoms with E-state index in [0.29, 0.717) is 0 Å². The van der Waals surface area contributed by atoms with Gasteiger partial charge in [0.25, 0.3) is 0 Å². The van der Waals surface area contributed by atoms with E-state index >= 15 is 0 Å². The van der Waals surface area contributed by atoms with Gasteiger partial charge in [0.2, 0.25) is 0 Å². The number of furan rings is 1. The van der Waals surface area contributed by atoms with Gasteiger partial charge in [-0.3, -0.25) is 0 Å². The first kappa shape index (κ1) is 30.0. The second-order valence-corrected chi connectivity index (χ2v) is 14.2. The van der Waals surface area contributed by atoms with Crippen molar-refractivity contribution < 1.29 is 4.42 Å². The lowest BCUT2D eigenvalue weighted by atomic mass is 10.0. The Bertz CT molecular complexity index is 3470. The highest BCUT2D eigenvalue weighted by atomic mass is 16.3. The summed E-state index contributed by atoms with van der Waals surface area (Å²) in [6, 6.07) is 64.1. The Hall–Kier alpha value is -7.50. The quantitative estimate of drug-likeness (QED) is 0.183. The molecule has 0 atom stereocenters. The molecule has 12 aromatic rings. The predicted octanol–water partition coefficient (Wildman–Crippen LogP) is 13.1. The molecule has 8 aromatic carbocycles. The standard InChI is InChI=1S/C50H30N4O/c1-3-13-31(14-4-1)48-49(52-41-20-10-9-19-40(41)51-48)32-23-25-34(26-24-32)53-42-21-11-7-17-35(42)38-29-39-45(30-44(38)53)54(33-15-5-2-6-16-33)43-28-27-37-36-18-8-12-22-46(36)55-50(37)47(39)43/h1-30H. The largest absolute Gasteiger partial charge is 0.455 e. The summed E-state index contributed by atoms with van der Waals surface area (Å²) in [4.78, 5) is 10.3. The van der Waals surface area contributed by atoms with E-state index in [2.05, 4.69) is 155 Å². The van der Waals surface area contributed by atoms with Gasteiger partial charge in [0.1, 0.15) is 11.2 Å². The Kier molecular flexibility index (Phi) is 6.27. The molecule has 256 valence electrons. The van der Waals surface area contributed by atoms with Crippen molar-refractivity contribution in [3.8, 4) is 33.9 Å². The molecule has 55 heavy (non-hydrogen) atoms. The van der Waals surface area contributed by atoms with Crippen molar-refractivity contribution in [2.75, 3.05) is 0 Å². The number of para-hydroxylation sites is 5. The maximum atomic E-state index is 6.68. The maximum absolute atomic E-state index is 6.68. The van der Waals surface area contributed by atoms with E-state index < -0.39 is 0 Å². The van der Waals surface area contributed by atoms with Gasteiger partial charge in [-0.1, -0.05) is 109 Å². The number of aromatic nitrogens is 4. The van der Waals surface area contributed by atoms with E-state index in [0.717, 1.165) is 99.7 Å². The first-order chi connectivity index (χ1) is 27.3. The van der Waals surface area contributed by atoms with Crippen molar-refractivity contribution >= 4 is 76.6 Å². The smallest absolute Gasteiger partial charge is 0.145 e. The first-order valence-corrected chi connectivity index (χ1v) is 18.6. The van der Waals surface area contributed by atoms with E-state index in [-0.39, 0.29) is 0 Å². The van der Waals surface area contributed by atoms with Crippen LogP contribution in [0.2, 0.25) is 0 Å². The fourth-order valence-electron chi connectivity index (χ4n) is 8.64. The van der Waals surface area contributed by atoms with E-state index in [9.17, 15) is 0 Å². The number of nitrogens with zero attached hydrogens (tertiary/aromatic N) is 4. The third-order valence-electron chi connectivity index (χ3n) is 11.1. The van der Waals surface area contributed by atoms with Gasteiger partial charge >= 0.3 is 0 Å². The molecule has 0 amide bonds. The molecule has 0 radical (unpaired) electrons. The van der Waals surface area contributed by atoms with Crippen LogP contribution in [-0.4, -0.2) is 19.1 Å². The van der Waals surface area contributed by atoms with E-state index in [1.807, 2.05) is 36.4 Å². The fraction of sp³-hybridized carbons (Fsp3) is 0. The highest BCUT2D eigenvalue weighted by molar-refractivity contribution is 6.26. The van der Waals surface area contributed by atoms with Gasteiger partial charge in [-0.25, -0.2) is 9.97 Å². The third kappa shape index (κ3) is 4.41. The van der Waals surface area contributed by atoms with Crippen LogP contribution in [0.4, 0.5) is 0 Å². The molecule has 5 nitrogen and oxygen atoms in total. The molecule has 0 aliphatic rings. The molecule has 4 heterocycles. The van der Waals surface area contributed by atoms with Crippen LogP contribution in [0.1, 0.15) is 0 Å². The number of rotatable bonds is 4. The van der Waals surface area contributed by atoms with Gasteiger partial charge in [-0.05, 0) is 72.8 Å². The summed E-state index contributed by atoms with van der Waals surface area (Å²) >= 11 is 0. The summed E-state index contributed by atoms with van der Waals surface area (Å²) in [7, 11) is 0. The van der Waals surface area contributed by atoms with Crippen molar-refractivity contribution in [3.63, 3.8) is 0 Å². The number of hydrogen-bond donors (Lipinski definition) is 0. The average molecular weight is 703 g/mol. The van der Waals surface area contributed by atoms with Crippen molar-refractivity contribution in [2.24, 2.45) is 0 Å². The summed E-state index contributed by atoms with van der Waals surface area (Å²) in [6.07, 6.45) is 0. The van der Waals surface area contributed by atoms with Crippen molar-refractivity contribution in [1.82, 2.24) is 19.1 Å². The van der Waals surface area contributed by atoms with Crippen molar-refractivity contribution in [2.45, 2.75) is 0 Å². The first-order valence-electron chi connectivity index (χ1n) is 18.6. The molecule has 5 heteroatoms. The predicted molar refractivity (Wildman–Crippen MR) is 226 cm³/mol. The Balaban J connectivity index is 1.12. The van der Waals surface area contributed by atoms with Crippen LogP contribution in [0.5, 0.6) is 0 Å². The summed E-state index contributed by atoms with van der Waals surface area (Å²) < 4.78 is 11.4. The Morgan fingerprint density at radius 3 is 1.71 bits per heavy atom. The summed E-state index contributed by atoms with van der Waals surface area (Å²) in [5.41, 5.74) is 14.1. The van der Waals surface area contributed by atoms with Gasteiger partial charge < -0.3 is 13.6 Å². The minimum Gasteiger partial charge on any atom is -0.455 e. The lowest BCUT2D eigenvalue weighted by molar-refractivity contribution is 0.673. The maximum Gasteiger partial charge on any atom is 0.145 e. The van der Waals surface area contributed by atoms with Crippen LogP contribution in [-0.2, 0) is 0 Å². The van der Waals surface area contributed by atoms with Crippen molar-refractivity contribution in [3.05, 3.63) is 182 Å². The lowest BCUT2D eigenvalue weighted by Gasteiger charge is -2.13. The lowest BCUT2D eigenvalue weighted by Crippen LogP contribution is -1.97.